The number of nitrogens with one attached hydrogen (secondary N) is 1. The van der Waals surface area contributed by atoms with Gasteiger partial charge in [-0.3, -0.25) is 4.79 Å². The van der Waals surface area contributed by atoms with Crippen LogP contribution in [0.1, 0.15) is 16.7 Å². The summed E-state index contributed by atoms with van der Waals surface area (Å²) < 4.78 is 5.35. The number of pyridine rings is 1. The number of nitriles is 1. The standard InChI is InChI=1S/C15H15N3O2/c1-8-4-11(13(20-3)5-9(8)2)10-6-14(17)18-15(19)12(10)7-16/h4-6H,1-3H3,(H3,17,18,19). The van der Waals surface area contributed by atoms with Crippen LogP contribution in [0.15, 0.2) is 23.0 Å². The molecule has 2 rings (SSSR count). The van der Waals surface area contributed by atoms with Gasteiger partial charge in [-0.05, 0) is 43.2 Å². The van der Waals surface area contributed by atoms with Crippen molar-refractivity contribution in [2.45, 2.75) is 13.8 Å². The van der Waals surface area contributed by atoms with Gasteiger partial charge in [0.25, 0.3) is 5.56 Å². The van der Waals surface area contributed by atoms with Crippen LogP contribution in [0.2, 0.25) is 0 Å². The van der Waals surface area contributed by atoms with Crippen LogP contribution in [0.3, 0.4) is 0 Å². The maximum atomic E-state index is 11.8. The van der Waals surface area contributed by atoms with Crippen molar-refractivity contribution in [3.05, 3.63) is 45.2 Å². The number of nitrogen functional groups attached to an aromatic ring is 1. The van der Waals surface area contributed by atoms with Gasteiger partial charge in [-0.2, -0.15) is 5.26 Å². The molecule has 5 heteroatoms. The molecule has 0 spiro atoms. The van der Waals surface area contributed by atoms with E-state index in [1.54, 1.807) is 13.2 Å². The summed E-state index contributed by atoms with van der Waals surface area (Å²) in [6, 6.07) is 7.27. The largest absolute Gasteiger partial charge is 0.496 e. The second kappa shape index (κ2) is 5.10. The van der Waals surface area contributed by atoms with Crippen molar-refractivity contribution in [2.75, 3.05) is 12.8 Å². The summed E-state index contributed by atoms with van der Waals surface area (Å²) in [7, 11) is 1.55. The second-order valence-electron chi connectivity index (χ2n) is 4.59. The number of methoxy groups -OCH3 is 1. The summed E-state index contributed by atoms with van der Waals surface area (Å²) in [5, 5.41) is 9.19. The molecule has 0 saturated carbocycles. The predicted molar refractivity (Wildman–Crippen MR) is 77.7 cm³/mol. The highest BCUT2D eigenvalue weighted by Crippen LogP contribution is 2.34. The van der Waals surface area contributed by atoms with E-state index in [9.17, 15) is 10.1 Å². The van der Waals surface area contributed by atoms with E-state index >= 15 is 0 Å². The third-order valence-electron chi connectivity index (χ3n) is 3.27. The lowest BCUT2D eigenvalue weighted by Crippen LogP contribution is -2.14. The van der Waals surface area contributed by atoms with Gasteiger partial charge in [0.15, 0.2) is 0 Å². The topological polar surface area (TPSA) is 91.9 Å². The maximum Gasteiger partial charge on any atom is 0.268 e. The lowest BCUT2D eigenvalue weighted by atomic mass is 9.97. The van der Waals surface area contributed by atoms with Crippen LogP contribution in [-0.2, 0) is 0 Å². The molecule has 0 unspecified atom stereocenters. The van der Waals surface area contributed by atoms with Crippen molar-refractivity contribution < 1.29 is 4.74 Å². The molecule has 0 aliphatic rings. The van der Waals surface area contributed by atoms with E-state index in [2.05, 4.69) is 4.98 Å². The fraction of sp³-hybridized carbons (Fsp3) is 0.200. The van der Waals surface area contributed by atoms with Crippen molar-refractivity contribution in [2.24, 2.45) is 0 Å². The van der Waals surface area contributed by atoms with E-state index < -0.39 is 5.56 Å². The van der Waals surface area contributed by atoms with E-state index in [4.69, 9.17) is 10.5 Å². The molecule has 0 fully saturated rings. The molecule has 0 bridgehead atoms. The first-order chi connectivity index (χ1) is 9.47. The molecular formula is C15H15N3O2. The van der Waals surface area contributed by atoms with Gasteiger partial charge in [-0.25, -0.2) is 0 Å². The Balaban J connectivity index is 2.85. The van der Waals surface area contributed by atoms with Gasteiger partial charge in [0, 0.05) is 11.1 Å². The smallest absolute Gasteiger partial charge is 0.268 e. The number of hydrogen-bond acceptors (Lipinski definition) is 4. The van der Waals surface area contributed by atoms with Crippen LogP contribution in [0, 0.1) is 25.2 Å². The summed E-state index contributed by atoms with van der Waals surface area (Å²) in [6.07, 6.45) is 0. The van der Waals surface area contributed by atoms with Gasteiger partial charge in [-0.1, -0.05) is 0 Å². The highest BCUT2D eigenvalue weighted by atomic mass is 16.5. The first-order valence-corrected chi connectivity index (χ1v) is 6.06. The number of nitrogens with zero attached hydrogens (tertiary/aromatic N) is 1. The van der Waals surface area contributed by atoms with Crippen molar-refractivity contribution in [1.29, 1.82) is 5.26 Å². The molecule has 102 valence electrons. The third-order valence-corrected chi connectivity index (χ3v) is 3.27. The van der Waals surface area contributed by atoms with Crippen molar-refractivity contribution in [3.63, 3.8) is 0 Å². The van der Waals surface area contributed by atoms with Gasteiger partial charge in [0.05, 0.1) is 7.11 Å². The number of benzene rings is 1. The lowest BCUT2D eigenvalue weighted by Gasteiger charge is -2.13. The van der Waals surface area contributed by atoms with Gasteiger partial charge in [0.2, 0.25) is 0 Å². The van der Waals surface area contributed by atoms with Gasteiger partial charge in [-0.15, -0.1) is 0 Å². The highest BCUT2D eigenvalue weighted by molar-refractivity contribution is 5.78. The molecule has 0 aliphatic carbocycles. The molecule has 0 atom stereocenters. The zero-order valence-electron chi connectivity index (χ0n) is 11.6. The molecule has 2 aromatic rings. The molecule has 1 aromatic heterocycles. The molecule has 1 heterocycles. The van der Waals surface area contributed by atoms with Crippen molar-refractivity contribution >= 4 is 5.82 Å². The summed E-state index contributed by atoms with van der Waals surface area (Å²) in [5.74, 6) is 0.818. The van der Waals surface area contributed by atoms with E-state index in [0.717, 1.165) is 11.1 Å². The predicted octanol–water partition coefficient (Wildman–Crippen LogP) is 2.12. The van der Waals surface area contributed by atoms with Gasteiger partial charge < -0.3 is 15.5 Å². The molecular weight excluding hydrogens is 254 g/mol. The highest BCUT2D eigenvalue weighted by Gasteiger charge is 2.15. The molecule has 1 aromatic carbocycles. The quantitative estimate of drug-likeness (QED) is 0.873. The Bertz CT molecular complexity index is 770. The average molecular weight is 269 g/mol. The molecule has 5 nitrogen and oxygen atoms in total. The Kier molecular flexibility index (Phi) is 3.49. The molecule has 0 saturated heterocycles. The van der Waals surface area contributed by atoms with E-state index in [1.807, 2.05) is 32.0 Å². The number of hydrogen-bond donors (Lipinski definition) is 2. The molecule has 20 heavy (non-hydrogen) atoms. The lowest BCUT2D eigenvalue weighted by molar-refractivity contribution is 0.416. The van der Waals surface area contributed by atoms with Crippen molar-refractivity contribution in [1.82, 2.24) is 4.98 Å². The zero-order valence-corrected chi connectivity index (χ0v) is 11.6. The molecule has 3 N–H and O–H groups in total. The number of aromatic nitrogens is 1. The Labute approximate surface area is 116 Å². The Morgan fingerprint density at radius 3 is 2.45 bits per heavy atom. The normalized spacial score (nSPS) is 10.1. The van der Waals surface area contributed by atoms with Crippen LogP contribution in [-0.4, -0.2) is 12.1 Å². The number of H-pyrrole nitrogens is 1. The van der Waals surface area contributed by atoms with Crippen LogP contribution in [0.5, 0.6) is 5.75 Å². The molecule has 0 aliphatic heterocycles. The Morgan fingerprint density at radius 2 is 1.85 bits per heavy atom. The Hall–Kier alpha value is -2.74. The summed E-state index contributed by atoms with van der Waals surface area (Å²) in [6.45, 7) is 3.93. The van der Waals surface area contributed by atoms with Crippen LogP contribution in [0.4, 0.5) is 5.82 Å². The number of anilines is 1. The molecule has 0 radical (unpaired) electrons. The van der Waals surface area contributed by atoms with E-state index in [-0.39, 0.29) is 11.4 Å². The fourth-order valence-electron chi connectivity index (χ4n) is 2.07. The zero-order chi connectivity index (χ0) is 14.9. The van der Waals surface area contributed by atoms with Crippen LogP contribution in [0.25, 0.3) is 11.1 Å². The van der Waals surface area contributed by atoms with Gasteiger partial charge >= 0.3 is 0 Å². The monoisotopic (exact) mass is 269 g/mol. The second-order valence-corrected chi connectivity index (χ2v) is 4.59. The minimum Gasteiger partial charge on any atom is -0.496 e. The minimum absolute atomic E-state index is 0.0285. The summed E-state index contributed by atoms with van der Waals surface area (Å²) in [5.41, 5.74) is 8.49. The minimum atomic E-state index is -0.497. The SMILES string of the molecule is COc1cc(C)c(C)cc1-c1cc(N)[nH]c(=O)c1C#N. The fourth-order valence-corrected chi connectivity index (χ4v) is 2.07. The number of ether oxygens (including phenoxy) is 1. The molecule has 0 amide bonds. The number of rotatable bonds is 2. The number of aromatic amines is 1. The van der Waals surface area contributed by atoms with Crippen molar-refractivity contribution in [3.8, 4) is 22.9 Å². The first kappa shape index (κ1) is 13.7. The average Bonchev–Trinajstić information content (AvgIpc) is 2.40. The first-order valence-electron chi connectivity index (χ1n) is 6.06. The van der Waals surface area contributed by atoms with E-state index in [0.29, 0.717) is 16.9 Å². The van der Waals surface area contributed by atoms with Crippen LogP contribution < -0.4 is 16.0 Å². The number of aryl methyl sites for hydroxylation is 2. The van der Waals surface area contributed by atoms with E-state index in [1.165, 1.54) is 0 Å². The van der Waals surface area contributed by atoms with Crippen LogP contribution >= 0.6 is 0 Å². The third kappa shape index (κ3) is 2.24. The Morgan fingerprint density at radius 1 is 1.20 bits per heavy atom. The number of nitrogens with two attached hydrogens (primary N) is 1. The summed E-state index contributed by atoms with van der Waals surface area (Å²) in [4.78, 5) is 14.2. The maximum absolute atomic E-state index is 11.8. The van der Waals surface area contributed by atoms with Gasteiger partial charge in [0.1, 0.15) is 23.2 Å². The summed E-state index contributed by atoms with van der Waals surface area (Å²) >= 11 is 0.